The largest absolute Gasteiger partial charge is 0.497 e. The molecule has 2 heterocycles. The van der Waals surface area contributed by atoms with Gasteiger partial charge in [0.05, 0.1) is 12.9 Å². The summed E-state index contributed by atoms with van der Waals surface area (Å²) in [4.78, 5) is 0. The van der Waals surface area contributed by atoms with Gasteiger partial charge in [0.15, 0.2) is 5.16 Å². The minimum atomic E-state index is 0. The van der Waals surface area contributed by atoms with E-state index >= 15 is 0 Å². The van der Waals surface area contributed by atoms with Crippen LogP contribution in [0.5, 0.6) is 5.75 Å². The van der Waals surface area contributed by atoms with Crippen LogP contribution in [0.3, 0.4) is 0 Å². The lowest BCUT2D eigenvalue weighted by Gasteiger charge is -2.10. The number of hydrogen-bond donors (Lipinski definition) is 1. The Morgan fingerprint density at radius 3 is 2.48 bits per heavy atom. The topological polar surface area (TPSA) is 96.7 Å². The summed E-state index contributed by atoms with van der Waals surface area (Å²) in [5, 5.41) is 17.4. The van der Waals surface area contributed by atoms with Gasteiger partial charge in [0, 0.05) is 19.2 Å². The fraction of sp³-hybridized carbons (Fsp3) is 0.333. The number of thioether (sulfide) groups is 1. The van der Waals surface area contributed by atoms with Crippen LogP contribution in [0, 0.1) is 0 Å². The van der Waals surface area contributed by atoms with Crippen molar-refractivity contribution in [2.75, 3.05) is 13.7 Å². The lowest BCUT2D eigenvalue weighted by molar-refractivity contribution is 0.414. The predicted molar refractivity (Wildman–Crippen MR) is 98.5 cm³/mol. The molecule has 2 N–H and O–H groups in total. The molecule has 2 aromatic heterocycles. The first kappa shape index (κ1) is 19.2. The average molecular weight is 382 g/mol. The second-order valence-corrected chi connectivity index (χ2v) is 6.06. The van der Waals surface area contributed by atoms with Crippen LogP contribution in [0.4, 0.5) is 0 Å². The van der Waals surface area contributed by atoms with Crippen molar-refractivity contribution in [3.8, 4) is 11.4 Å². The molecule has 0 aliphatic carbocycles. The fourth-order valence-corrected chi connectivity index (χ4v) is 3.20. The van der Waals surface area contributed by atoms with Crippen molar-refractivity contribution < 1.29 is 4.74 Å². The third-order valence-electron chi connectivity index (χ3n) is 3.53. The van der Waals surface area contributed by atoms with Crippen LogP contribution in [0.25, 0.3) is 5.69 Å². The van der Waals surface area contributed by atoms with Crippen LogP contribution in [0.15, 0.2) is 35.7 Å². The van der Waals surface area contributed by atoms with E-state index in [4.69, 9.17) is 10.5 Å². The maximum atomic E-state index is 5.70. The Labute approximate surface area is 156 Å². The van der Waals surface area contributed by atoms with Crippen LogP contribution in [0.2, 0.25) is 0 Å². The molecular formula is C15H20ClN7OS. The molecule has 10 heteroatoms. The lowest BCUT2D eigenvalue weighted by atomic mass is 10.3. The zero-order valence-electron chi connectivity index (χ0n) is 14.0. The molecule has 0 unspecified atom stereocenters. The second kappa shape index (κ2) is 8.84. The lowest BCUT2D eigenvalue weighted by Crippen LogP contribution is -2.09. The van der Waals surface area contributed by atoms with Gasteiger partial charge in [-0.25, -0.2) is 0 Å². The highest BCUT2D eigenvalue weighted by Gasteiger charge is 2.15. The van der Waals surface area contributed by atoms with Gasteiger partial charge in [-0.2, -0.15) is 0 Å². The number of benzene rings is 1. The van der Waals surface area contributed by atoms with Crippen LogP contribution < -0.4 is 10.5 Å². The van der Waals surface area contributed by atoms with E-state index in [9.17, 15) is 0 Å². The summed E-state index contributed by atoms with van der Waals surface area (Å²) in [5.41, 5.74) is 6.68. The Morgan fingerprint density at radius 1 is 1.12 bits per heavy atom. The van der Waals surface area contributed by atoms with E-state index in [2.05, 4.69) is 20.4 Å². The van der Waals surface area contributed by atoms with Gasteiger partial charge in [-0.05, 0) is 30.8 Å². The summed E-state index contributed by atoms with van der Waals surface area (Å²) in [6.07, 6.45) is 2.34. The van der Waals surface area contributed by atoms with Crippen molar-refractivity contribution in [3.05, 3.63) is 42.2 Å². The zero-order chi connectivity index (χ0) is 16.9. The van der Waals surface area contributed by atoms with Crippen LogP contribution in [-0.2, 0) is 19.2 Å². The minimum absolute atomic E-state index is 0. The number of aryl methyl sites for hydroxylation is 1. The summed E-state index contributed by atoms with van der Waals surface area (Å²) in [6.45, 7) is 0.516. The Balaban J connectivity index is 0.00000225. The normalized spacial score (nSPS) is 10.5. The van der Waals surface area contributed by atoms with Gasteiger partial charge in [0.2, 0.25) is 0 Å². The molecule has 0 saturated heterocycles. The number of nitrogens with zero attached hydrogens (tertiary/aromatic N) is 6. The van der Waals surface area contributed by atoms with Crippen molar-refractivity contribution in [1.82, 2.24) is 29.5 Å². The number of hydrogen-bond acceptors (Lipinski definition) is 7. The van der Waals surface area contributed by atoms with Crippen molar-refractivity contribution in [2.24, 2.45) is 12.8 Å². The van der Waals surface area contributed by atoms with Gasteiger partial charge in [0.1, 0.15) is 23.7 Å². The van der Waals surface area contributed by atoms with E-state index in [-0.39, 0.29) is 12.4 Å². The first-order valence-corrected chi connectivity index (χ1v) is 8.46. The standard InChI is InChI=1S/C15H19N7OS.ClH/c1-21-10-17-18-14(21)9-24-15-20-19-13(7-8-16)22(15)11-3-5-12(23-2)6-4-11;/h3-6,10H,7-9,16H2,1-2H3;1H. The Kier molecular flexibility index (Phi) is 6.80. The molecular weight excluding hydrogens is 362 g/mol. The highest BCUT2D eigenvalue weighted by Crippen LogP contribution is 2.25. The monoisotopic (exact) mass is 381 g/mol. The molecule has 0 atom stereocenters. The van der Waals surface area contributed by atoms with Crippen molar-refractivity contribution >= 4 is 24.2 Å². The second-order valence-electron chi connectivity index (χ2n) is 5.12. The van der Waals surface area contributed by atoms with Gasteiger partial charge in [-0.1, -0.05) is 11.8 Å². The maximum Gasteiger partial charge on any atom is 0.196 e. The summed E-state index contributed by atoms with van der Waals surface area (Å²) < 4.78 is 9.13. The molecule has 0 spiro atoms. The number of aromatic nitrogens is 6. The summed E-state index contributed by atoms with van der Waals surface area (Å²) in [6, 6.07) is 7.79. The van der Waals surface area contributed by atoms with Gasteiger partial charge in [0.25, 0.3) is 0 Å². The highest BCUT2D eigenvalue weighted by atomic mass is 35.5. The molecule has 25 heavy (non-hydrogen) atoms. The molecule has 8 nitrogen and oxygen atoms in total. The van der Waals surface area contributed by atoms with Crippen LogP contribution >= 0.6 is 24.2 Å². The van der Waals surface area contributed by atoms with E-state index in [1.54, 1.807) is 25.2 Å². The SMILES string of the molecule is COc1ccc(-n2c(CCN)nnc2SCc2nncn2C)cc1.Cl. The third kappa shape index (κ3) is 4.30. The summed E-state index contributed by atoms with van der Waals surface area (Å²) in [7, 11) is 3.57. The van der Waals surface area contributed by atoms with Crippen LogP contribution in [0.1, 0.15) is 11.6 Å². The smallest absolute Gasteiger partial charge is 0.196 e. The molecule has 1 aromatic carbocycles. The number of rotatable bonds is 7. The molecule has 0 aliphatic heterocycles. The average Bonchev–Trinajstić information content (AvgIpc) is 3.19. The van der Waals surface area contributed by atoms with E-state index in [1.807, 2.05) is 40.4 Å². The third-order valence-corrected chi connectivity index (χ3v) is 4.46. The Hall–Kier alpha value is -2.10. The van der Waals surface area contributed by atoms with Gasteiger partial charge < -0.3 is 15.0 Å². The first-order valence-electron chi connectivity index (χ1n) is 7.47. The van der Waals surface area contributed by atoms with Gasteiger partial charge in [-0.3, -0.25) is 4.57 Å². The molecule has 134 valence electrons. The highest BCUT2D eigenvalue weighted by molar-refractivity contribution is 7.98. The van der Waals surface area contributed by atoms with E-state index in [1.165, 1.54) is 0 Å². The Bertz CT molecular complexity index is 803. The van der Waals surface area contributed by atoms with E-state index < -0.39 is 0 Å². The van der Waals surface area contributed by atoms with Gasteiger partial charge in [-0.15, -0.1) is 32.8 Å². The molecule has 3 rings (SSSR count). The van der Waals surface area contributed by atoms with Gasteiger partial charge >= 0.3 is 0 Å². The quantitative estimate of drug-likeness (QED) is 0.621. The summed E-state index contributed by atoms with van der Waals surface area (Å²) in [5.74, 6) is 3.18. The molecule has 0 aliphatic rings. The number of methoxy groups -OCH3 is 1. The van der Waals surface area contributed by atoms with Crippen molar-refractivity contribution in [1.29, 1.82) is 0 Å². The molecule has 0 amide bonds. The fourth-order valence-electron chi connectivity index (χ4n) is 2.24. The minimum Gasteiger partial charge on any atom is -0.497 e. The first-order chi connectivity index (χ1) is 11.7. The van der Waals surface area contributed by atoms with Crippen LogP contribution in [-0.4, -0.2) is 43.2 Å². The Morgan fingerprint density at radius 2 is 1.88 bits per heavy atom. The van der Waals surface area contributed by atoms with Crippen molar-refractivity contribution in [2.45, 2.75) is 17.3 Å². The maximum absolute atomic E-state index is 5.70. The summed E-state index contributed by atoms with van der Waals surface area (Å²) >= 11 is 1.56. The molecule has 0 bridgehead atoms. The zero-order valence-corrected chi connectivity index (χ0v) is 15.6. The molecule has 0 saturated carbocycles. The van der Waals surface area contributed by atoms with Crippen molar-refractivity contribution in [3.63, 3.8) is 0 Å². The molecule has 3 aromatic rings. The number of halogens is 1. The molecule has 0 fully saturated rings. The van der Waals surface area contributed by atoms with E-state index in [0.29, 0.717) is 18.7 Å². The molecule has 0 radical (unpaired) electrons. The number of nitrogens with two attached hydrogens (primary N) is 1. The van der Waals surface area contributed by atoms with E-state index in [0.717, 1.165) is 28.2 Å². The number of ether oxygens (including phenoxy) is 1. The predicted octanol–water partition coefficient (Wildman–Crippen LogP) is 1.62.